The molecule has 1 aliphatic heterocycles. The van der Waals surface area contributed by atoms with E-state index in [1.165, 1.54) is 12.3 Å². The Morgan fingerprint density at radius 2 is 1.94 bits per heavy atom. The lowest BCUT2D eigenvalue weighted by molar-refractivity contribution is 0.0564. The Morgan fingerprint density at radius 1 is 1.21 bits per heavy atom. The number of hydrogen-bond donors (Lipinski definition) is 4. The Morgan fingerprint density at radius 3 is 2.67 bits per heavy atom. The predicted octanol–water partition coefficient (Wildman–Crippen LogP) is 1.33. The molecule has 9 nitrogen and oxygen atoms in total. The minimum Gasteiger partial charge on any atom is -0.399 e. The number of carbonyl (C=O) groups excluding carboxylic acids is 1. The number of piperidine rings is 1. The molecule has 1 aromatic carbocycles. The third-order valence-electron chi connectivity index (χ3n) is 6.13. The van der Waals surface area contributed by atoms with E-state index in [1.54, 1.807) is 18.5 Å². The molecule has 33 heavy (non-hydrogen) atoms. The van der Waals surface area contributed by atoms with E-state index in [2.05, 4.69) is 20.7 Å². The Kier molecular flexibility index (Phi) is 7.36. The van der Waals surface area contributed by atoms with Crippen molar-refractivity contribution in [1.82, 2.24) is 20.3 Å². The standard InChI is InChI=1S/C23H30FN7O2/c24-19-2-1-16-8-21(9-17(16)7-19)30-23-27-10-18(11-28-23)22(32)31-5-3-15(4-6-31)13-33-14-20(25)12-29-26/h1-2,7,10-12,15,21,29H,3-6,8-9,13-14,25-26H2,(H,27,28,30)/b20-12-. The topological polar surface area (TPSA) is 131 Å². The average molecular weight is 456 g/mol. The molecular weight excluding hydrogens is 425 g/mol. The molecule has 176 valence electrons. The van der Waals surface area contributed by atoms with Crippen LogP contribution in [-0.4, -0.2) is 53.1 Å². The van der Waals surface area contributed by atoms with Gasteiger partial charge in [0, 0.05) is 37.7 Å². The van der Waals surface area contributed by atoms with Gasteiger partial charge in [-0.2, -0.15) is 0 Å². The zero-order valence-electron chi connectivity index (χ0n) is 18.5. The first-order valence-electron chi connectivity index (χ1n) is 11.2. The first-order valence-corrected chi connectivity index (χ1v) is 11.2. The van der Waals surface area contributed by atoms with Crippen molar-refractivity contribution < 1.29 is 13.9 Å². The number of fused-ring (bicyclic) bond motifs is 1. The van der Waals surface area contributed by atoms with E-state index < -0.39 is 0 Å². The van der Waals surface area contributed by atoms with Gasteiger partial charge in [-0.25, -0.2) is 14.4 Å². The molecule has 2 aromatic rings. The van der Waals surface area contributed by atoms with Gasteiger partial charge in [0.2, 0.25) is 5.95 Å². The lowest BCUT2D eigenvalue weighted by Crippen LogP contribution is -2.39. The smallest absolute Gasteiger partial charge is 0.256 e. The number of halogens is 1. The Hall–Kier alpha value is -3.24. The lowest BCUT2D eigenvalue weighted by atomic mass is 9.97. The average Bonchev–Trinajstić information content (AvgIpc) is 3.21. The molecule has 1 amide bonds. The molecule has 1 saturated heterocycles. The number of hydrogen-bond acceptors (Lipinski definition) is 8. The van der Waals surface area contributed by atoms with Crippen LogP contribution < -0.4 is 22.3 Å². The van der Waals surface area contributed by atoms with Crippen LogP contribution in [0.4, 0.5) is 10.3 Å². The van der Waals surface area contributed by atoms with Gasteiger partial charge in [-0.1, -0.05) is 6.07 Å². The van der Waals surface area contributed by atoms with Crippen LogP contribution in [-0.2, 0) is 17.6 Å². The van der Waals surface area contributed by atoms with Gasteiger partial charge in [-0.15, -0.1) is 0 Å². The third kappa shape index (κ3) is 5.96. The Bertz CT molecular complexity index is 991. The number of rotatable bonds is 8. The highest BCUT2D eigenvalue weighted by molar-refractivity contribution is 5.93. The second-order valence-electron chi connectivity index (χ2n) is 8.59. The number of anilines is 1. The highest BCUT2D eigenvalue weighted by Crippen LogP contribution is 2.25. The molecule has 1 aromatic heterocycles. The molecule has 0 spiro atoms. The number of nitrogens with one attached hydrogen (secondary N) is 2. The maximum atomic E-state index is 13.4. The molecule has 0 saturated carbocycles. The van der Waals surface area contributed by atoms with Gasteiger partial charge in [0.15, 0.2) is 0 Å². The summed E-state index contributed by atoms with van der Waals surface area (Å²) in [5, 5.41) is 3.29. The molecule has 1 atom stereocenters. The third-order valence-corrected chi connectivity index (χ3v) is 6.13. The summed E-state index contributed by atoms with van der Waals surface area (Å²) in [6, 6.07) is 5.02. The van der Waals surface area contributed by atoms with Crippen LogP contribution in [0.1, 0.15) is 34.3 Å². The van der Waals surface area contributed by atoms with Crippen LogP contribution >= 0.6 is 0 Å². The number of nitrogens with two attached hydrogens (primary N) is 2. The van der Waals surface area contributed by atoms with E-state index >= 15 is 0 Å². The van der Waals surface area contributed by atoms with Crippen molar-refractivity contribution in [3.05, 3.63) is 65.0 Å². The number of amides is 1. The molecule has 1 aliphatic carbocycles. The van der Waals surface area contributed by atoms with Gasteiger partial charge in [0.25, 0.3) is 5.91 Å². The van der Waals surface area contributed by atoms with E-state index in [0.29, 0.717) is 49.4 Å². The molecule has 10 heteroatoms. The fraction of sp³-hybridized carbons (Fsp3) is 0.435. The quantitative estimate of drug-likeness (QED) is 0.346. The van der Waals surface area contributed by atoms with Crippen molar-refractivity contribution in [2.45, 2.75) is 31.7 Å². The van der Waals surface area contributed by atoms with Crippen LogP contribution in [0.5, 0.6) is 0 Å². The fourth-order valence-electron chi connectivity index (χ4n) is 4.36. The van der Waals surface area contributed by atoms with E-state index in [-0.39, 0.29) is 17.8 Å². The van der Waals surface area contributed by atoms with Gasteiger partial charge in [0.05, 0.1) is 24.5 Å². The summed E-state index contributed by atoms with van der Waals surface area (Å²) < 4.78 is 19.0. The molecule has 6 N–H and O–H groups in total. The summed E-state index contributed by atoms with van der Waals surface area (Å²) in [4.78, 5) is 23.3. The summed E-state index contributed by atoms with van der Waals surface area (Å²) in [6.07, 6.45) is 7.89. The summed E-state index contributed by atoms with van der Waals surface area (Å²) in [7, 11) is 0. The number of nitrogens with zero attached hydrogens (tertiary/aromatic N) is 3. The van der Waals surface area contributed by atoms with Gasteiger partial charge in [0.1, 0.15) is 5.82 Å². The second-order valence-corrected chi connectivity index (χ2v) is 8.59. The number of likely N-dealkylation sites (tertiary alicyclic amines) is 1. The van der Waals surface area contributed by atoms with Gasteiger partial charge in [-0.05, 0) is 54.9 Å². The molecule has 2 aliphatic rings. The monoisotopic (exact) mass is 455 g/mol. The predicted molar refractivity (Wildman–Crippen MR) is 122 cm³/mol. The van der Waals surface area contributed by atoms with Crippen LogP contribution in [0.2, 0.25) is 0 Å². The van der Waals surface area contributed by atoms with Crippen LogP contribution in [0.3, 0.4) is 0 Å². The minimum absolute atomic E-state index is 0.0640. The Balaban J connectivity index is 1.22. The fourth-order valence-corrected chi connectivity index (χ4v) is 4.36. The van der Waals surface area contributed by atoms with Crippen LogP contribution in [0, 0.1) is 11.7 Å². The van der Waals surface area contributed by atoms with Gasteiger partial charge in [-0.3, -0.25) is 10.6 Å². The van der Waals surface area contributed by atoms with E-state index in [9.17, 15) is 9.18 Å². The summed E-state index contributed by atoms with van der Waals surface area (Å²) >= 11 is 0. The van der Waals surface area contributed by atoms with Crippen LogP contribution in [0.15, 0.2) is 42.5 Å². The second kappa shape index (κ2) is 10.6. The van der Waals surface area contributed by atoms with Crippen molar-refractivity contribution in [1.29, 1.82) is 0 Å². The lowest BCUT2D eigenvalue weighted by Gasteiger charge is -2.31. The van der Waals surface area contributed by atoms with Crippen molar-refractivity contribution >= 4 is 11.9 Å². The molecule has 1 unspecified atom stereocenters. The summed E-state index contributed by atoms with van der Waals surface area (Å²) in [6.45, 7) is 2.26. The highest BCUT2D eigenvalue weighted by Gasteiger charge is 2.25. The zero-order valence-corrected chi connectivity index (χ0v) is 18.5. The van der Waals surface area contributed by atoms with Crippen LogP contribution in [0.25, 0.3) is 0 Å². The van der Waals surface area contributed by atoms with Crippen molar-refractivity contribution in [2.24, 2.45) is 17.5 Å². The number of aromatic nitrogens is 2. The van der Waals surface area contributed by atoms with Gasteiger partial charge < -0.3 is 26.1 Å². The molecular formula is C23H30FN7O2. The maximum absolute atomic E-state index is 13.4. The SMILES string of the molecule is NN/C=C(\N)COCC1CCN(C(=O)c2cnc(NC3Cc4ccc(F)cc4C3)nc2)CC1. The van der Waals surface area contributed by atoms with Crippen molar-refractivity contribution in [3.63, 3.8) is 0 Å². The number of carbonyl (C=O) groups is 1. The summed E-state index contributed by atoms with van der Waals surface area (Å²) in [5.74, 6) is 5.76. The van der Waals surface area contributed by atoms with E-state index in [0.717, 1.165) is 36.8 Å². The van der Waals surface area contributed by atoms with E-state index in [1.807, 2.05) is 11.0 Å². The van der Waals surface area contributed by atoms with Crippen molar-refractivity contribution in [2.75, 3.05) is 31.6 Å². The zero-order chi connectivity index (χ0) is 23.2. The number of ether oxygens (including phenoxy) is 1. The van der Waals surface area contributed by atoms with Crippen molar-refractivity contribution in [3.8, 4) is 0 Å². The number of hydrazine groups is 1. The Labute approximate surface area is 192 Å². The maximum Gasteiger partial charge on any atom is 0.256 e. The molecule has 1 fully saturated rings. The largest absolute Gasteiger partial charge is 0.399 e. The molecule has 2 heterocycles. The normalized spacial score (nSPS) is 18.8. The molecule has 0 bridgehead atoms. The summed E-state index contributed by atoms with van der Waals surface area (Å²) in [5.41, 5.74) is 11.3. The first kappa shape index (κ1) is 22.9. The first-order chi connectivity index (χ1) is 16.0. The molecule has 4 rings (SSSR count). The minimum atomic E-state index is -0.216. The van der Waals surface area contributed by atoms with E-state index in [4.69, 9.17) is 16.3 Å². The van der Waals surface area contributed by atoms with Gasteiger partial charge >= 0.3 is 0 Å². The highest BCUT2D eigenvalue weighted by atomic mass is 19.1. The number of benzene rings is 1. The molecule has 0 radical (unpaired) electrons.